The molecule has 2 rings (SSSR count). The van der Waals surface area contributed by atoms with Crippen molar-refractivity contribution in [3.63, 3.8) is 0 Å². The van der Waals surface area contributed by atoms with Crippen LogP contribution in [0.25, 0.3) is 0 Å². The van der Waals surface area contributed by atoms with Crippen molar-refractivity contribution in [1.82, 2.24) is 4.90 Å². The number of aliphatic carboxylic acids is 1. The number of benzene rings is 1. The van der Waals surface area contributed by atoms with Gasteiger partial charge in [0.15, 0.2) is 14.4 Å². The fourth-order valence-corrected chi connectivity index (χ4v) is 6.11. The molecule has 1 heterocycles. The van der Waals surface area contributed by atoms with E-state index in [0.717, 1.165) is 5.56 Å². The van der Waals surface area contributed by atoms with Crippen molar-refractivity contribution in [1.29, 1.82) is 0 Å². The van der Waals surface area contributed by atoms with Gasteiger partial charge in [-0.05, 0) is 36.0 Å². The monoisotopic (exact) mass is 407 g/mol. The van der Waals surface area contributed by atoms with Gasteiger partial charge in [0.05, 0.1) is 6.10 Å². The second-order valence-electron chi connectivity index (χ2n) is 8.85. The number of carbonyl (C=O) groups excluding carboxylic acids is 1. The minimum absolute atomic E-state index is 0.0305. The van der Waals surface area contributed by atoms with Crippen molar-refractivity contribution in [2.45, 2.75) is 71.0 Å². The molecule has 6 nitrogen and oxygen atoms in total. The summed E-state index contributed by atoms with van der Waals surface area (Å²) in [5.41, 5.74) is 0.863. The molecule has 0 spiro atoms. The third kappa shape index (κ3) is 4.75. The summed E-state index contributed by atoms with van der Waals surface area (Å²) in [4.78, 5) is 25.8. The first kappa shape index (κ1) is 22.4. The van der Waals surface area contributed by atoms with E-state index in [1.54, 1.807) is 0 Å². The molecule has 0 aromatic heterocycles. The summed E-state index contributed by atoms with van der Waals surface area (Å²) in [6.07, 6.45) is -0.617. The van der Waals surface area contributed by atoms with Gasteiger partial charge in [0.25, 0.3) is 0 Å². The van der Waals surface area contributed by atoms with E-state index in [1.807, 2.05) is 30.3 Å². The zero-order valence-corrected chi connectivity index (χ0v) is 18.8. The smallest absolute Gasteiger partial charge is 0.410 e. The van der Waals surface area contributed by atoms with Crippen LogP contribution in [0.2, 0.25) is 18.1 Å². The molecule has 7 heteroatoms. The zero-order valence-electron chi connectivity index (χ0n) is 17.8. The van der Waals surface area contributed by atoms with Gasteiger partial charge in [-0.15, -0.1) is 0 Å². The Bertz CT molecular complexity index is 689. The van der Waals surface area contributed by atoms with Gasteiger partial charge in [0, 0.05) is 6.54 Å². The molecule has 0 bridgehead atoms. The van der Waals surface area contributed by atoms with Crippen molar-refractivity contribution >= 4 is 20.4 Å². The van der Waals surface area contributed by atoms with Gasteiger partial charge < -0.3 is 14.3 Å². The highest BCUT2D eigenvalue weighted by molar-refractivity contribution is 6.74. The van der Waals surface area contributed by atoms with E-state index in [1.165, 1.54) is 4.90 Å². The Hall–Kier alpha value is -1.86. The summed E-state index contributed by atoms with van der Waals surface area (Å²) >= 11 is 0. The largest absolute Gasteiger partial charge is 0.480 e. The number of ether oxygens (including phenoxy) is 1. The van der Waals surface area contributed by atoms with Crippen LogP contribution in [0.15, 0.2) is 30.3 Å². The fourth-order valence-electron chi connectivity index (χ4n) is 3.41. The molecule has 1 aromatic rings. The van der Waals surface area contributed by atoms with E-state index in [4.69, 9.17) is 9.16 Å². The summed E-state index contributed by atoms with van der Waals surface area (Å²) in [7, 11) is -2.22. The first-order chi connectivity index (χ1) is 13.0. The Balaban J connectivity index is 2.08. The predicted octanol–water partition coefficient (Wildman–Crippen LogP) is 4.51. The van der Waals surface area contributed by atoms with Crippen LogP contribution >= 0.6 is 0 Å². The van der Waals surface area contributed by atoms with Crippen molar-refractivity contribution in [3.8, 4) is 0 Å². The van der Waals surface area contributed by atoms with Gasteiger partial charge in [-0.3, -0.25) is 4.90 Å². The quantitative estimate of drug-likeness (QED) is 0.673. The summed E-state index contributed by atoms with van der Waals surface area (Å²) < 4.78 is 11.8. The molecular formula is C21H33NO5Si. The molecule has 1 aliphatic heterocycles. The van der Waals surface area contributed by atoms with Crippen LogP contribution in [-0.2, 0) is 20.6 Å². The predicted molar refractivity (Wildman–Crippen MR) is 111 cm³/mol. The third-order valence-electron chi connectivity index (χ3n) is 6.48. The molecule has 156 valence electrons. The second kappa shape index (κ2) is 8.65. The molecule has 2 unspecified atom stereocenters. The first-order valence-electron chi connectivity index (χ1n) is 9.85. The topological polar surface area (TPSA) is 76.1 Å². The maximum Gasteiger partial charge on any atom is 0.410 e. The van der Waals surface area contributed by atoms with E-state index in [2.05, 4.69) is 40.8 Å². The van der Waals surface area contributed by atoms with Crippen LogP contribution in [0, 0.1) is 5.92 Å². The molecule has 1 aromatic carbocycles. The standard InChI is InChI=1S/C21H33NO5Si/c1-15(2)21(3,4)28(5,6)27-17-12-13-22(18(17)19(23)24)20(25)26-14-16-10-8-7-9-11-16/h7-11,15,17-18H,12-14H2,1-6H3,(H,23,24). The van der Waals surface area contributed by atoms with E-state index in [0.29, 0.717) is 18.9 Å². The Labute approximate surface area is 169 Å². The Morgan fingerprint density at radius 2 is 1.86 bits per heavy atom. The first-order valence-corrected chi connectivity index (χ1v) is 12.8. The highest BCUT2D eigenvalue weighted by Gasteiger charge is 2.50. The van der Waals surface area contributed by atoms with Crippen molar-refractivity contribution in [2.24, 2.45) is 5.92 Å². The molecule has 1 amide bonds. The minimum atomic E-state index is -2.22. The molecule has 1 fully saturated rings. The lowest BCUT2D eigenvalue weighted by Crippen LogP contribution is -2.52. The number of carboxylic acids is 1. The number of rotatable bonds is 7. The summed E-state index contributed by atoms with van der Waals surface area (Å²) in [6, 6.07) is 8.33. The lowest BCUT2D eigenvalue weighted by molar-refractivity contribution is -0.144. The Morgan fingerprint density at radius 1 is 1.25 bits per heavy atom. The maximum absolute atomic E-state index is 12.5. The van der Waals surface area contributed by atoms with Crippen LogP contribution in [0.1, 0.15) is 39.7 Å². The molecule has 1 saturated heterocycles. The minimum Gasteiger partial charge on any atom is -0.480 e. The number of amides is 1. The lowest BCUT2D eigenvalue weighted by Gasteiger charge is -2.44. The highest BCUT2D eigenvalue weighted by atomic mass is 28.4. The van der Waals surface area contributed by atoms with Crippen LogP contribution in [0.5, 0.6) is 0 Å². The number of hydrogen-bond acceptors (Lipinski definition) is 4. The molecular weight excluding hydrogens is 374 g/mol. The van der Waals surface area contributed by atoms with E-state index < -0.39 is 32.5 Å². The van der Waals surface area contributed by atoms with Gasteiger partial charge >= 0.3 is 12.1 Å². The number of carboxylic acid groups (broad SMARTS) is 1. The molecule has 28 heavy (non-hydrogen) atoms. The van der Waals surface area contributed by atoms with Crippen molar-refractivity contribution in [2.75, 3.05) is 6.54 Å². The molecule has 0 saturated carbocycles. The number of carbonyl (C=O) groups is 2. The molecule has 2 atom stereocenters. The third-order valence-corrected chi connectivity index (χ3v) is 11.0. The maximum atomic E-state index is 12.5. The fraction of sp³-hybridized carbons (Fsp3) is 0.619. The van der Waals surface area contributed by atoms with Crippen LogP contribution < -0.4 is 0 Å². The number of likely N-dealkylation sites (tertiary alicyclic amines) is 1. The zero-order chi connectivity index (χ0) is 21.1. The molecule has 0 radical (unpaired) electrons. The Morgan fingerprint density at radius 3 is 2.39 bits per heavy atom. The van der Waals surface area contributed by atoms with Gasteiger partial charge in [0.2, 0.25) is 0 Å². The van der Waals surface area contributed by atoms with E-state index >= 15 is 0 Å². The van der Waals surface area contributed by atoms with E-state index in [-0.39, 0.29) is 11.6 Å². The summed E-state index contributed by atoms with van der Waals surface area (Å²) in [6.45, 7) is 13.4. The van der Waals surface area contributed by atoms with Gasteiger partial charge in [-0.25, -0.2) is 9.59 Å². The SMILES string of the molecule is CC(C)C(C)(C)[Si](C)(C)OC1CCN(C(=O)OCc2ccccc2)C1C(=O)O. The van der Waals surface area contributed by atoms with Crippen LogP contribution in [0.4, 0.5) is 4.79 Å². The average Bonchev–Trinajstić information content (AvgIpc) is 3.03. The van der Waals surface area contributed by atoms with Crippen LogP contribution in [-0.4, -0.2) is 49.1 Å². The lowest BCUT2D eigenvalue weighted by atomic mass is 9.99. The summed E-state index contributed by atoms with van der Waals surface area (Å²) in [5, 5.41) is 9.75. The van der Waals surface area contributed by atoms with Crippen molar-refractivity contribution < 1.29 is 23.9 Å². The number of nitrogens with zero attached hydrogens (tertiary/aromatic N) is 1. The molecule has 0 aliphatic carbocycles. The second-order valence-corrected chi connectivity index (χ2v) is 13.4. The van der Waals surface area contributed by atoms with Crippen molar-refractivity contribution in [3.05, 3.63) is 35.9 Å². The van der Waals surface area contributed by atoms with Gasteiger partial charge in [-0.1, -0.05) is 58.0 Å². The summed E-state index contributed by atoms with van der Waals surface area (Å²) in [5.74, 6) is -0.642. The van der Waals surface area contributed by atoms with Crippen LogP contribution in [0.3, 0.4) is 0 Å². The molecule has 1 aliphatic rings. The Kier molecular flexibility index (Phi) is 6.93. The normalized spacial score (nSPS) is 20.5. The highest BCUT2D eigenvalue weighted by Crippen LogP contribution is 2.46. The van der Waals surface area contributed by atoms with Gasteiger partial charge in [0.1, 0.15) is 6.61 Å². The van der Waals surface area contributed by atoms with Gasteiger partial charge in [-0.2, -0.15) is 0 Å². The number of hydrogen-bond donors (Lipinski definition) is 1. The molecule has 1 N–H and O–H groups in total. The van der Waals surface area contributed by atoms with E-state index in [9.17, 15) is 14.7 Å². The average molecular weight is 408 g/mol.